The van der Waals surface area contributed by atoms with Crippen molar-refractivity contribution in [3.63, 3.8) is 0 Å². The first-order valence-corrected chi connectivity index (χ1v) is 8.31. The third kappa shape index (κ3) is 5.26. The number of amides is 1. The van der Waals surface area contributed by atoms with E-state index in [1.807, 2.05) is 24.3 Å². The number of Topliss-reactive ketones (excluding diaryl/α,β-unsaturated/α-hetero) is 1. The molecule has 1 aromatic carbocycles. The summed E-state index contributed by atoms with van der Waals surface area (Å²) in [6.07, 6.45) is 4.79. The molecular weight excluding hydrogens is 276 g/mol. The van der Waals surface area contributed by atoms with Crippen molar-refractivity contribution in [2.45, 2.75) is 51.5 Å². The molecule has 4 heteroatoms. The molecule has 0 radical (unpaired) electrons. The molecule has 1 aliphatic rings. The number of hydrogen-bond acceptors (Lipinski definition) is 3. The maximum Gasteiger partial charge on any atom is 0.220 e. The molecule has 0 spiro atoms. The summed E-state index contributed by atoms with van der Waals surface area (Å²) in [6.45, 7) is 4.00. The Bertz CT molecular complexity index is 490. The second-order valence-electron chi connectivity index (χ2n) is 5.98. The van der Waals surface area contributed by atoms with Crippen LogP contribution in [0.25, 0.3) is 0 Å². The van der Waals surface area contributed by atoms with Crippen molar-refractivity contribution in [3.8, 4) is 0 Å². The molecule has 22 heavy (non-hydrogen) atoms. The van der Waals surface area contributed by atoms with Gasteiger partial charge in [-0.1, -0.05) is 37.6 Å². The molecule has 120 valence electrons. The lowest BCUT2D eigenvalue weighted by Gasteiger charge is -2.23. The van der Waals surface area contributed by atoms with Gasteiger partial charge in [0.1, 0.15) is 0 Å². The van der Waals surface area contributed by atoms with Crippen LogP contribution in [0.5, 0.6) is 0 Å². The Hall–Kier alpha value is -1.68. The highest BCUT2D eigenvalue weighted by Gasteiger charge is 2.16. The third-order valence-corrected chi connectivity index (χ3v) is 4.06. The molecule has 1 fully saturated rings. The summed E-state index contributed by atoms with van der Waals surface area (Å²) in [6, 6.07) is 7.96. The van der Waals surface area contributed by atoms with Gasteiger partial charge >= 0.3 is 0 Å². The van der Waals surface area contributed by atoms with Gasteiger partial charge < -0.3 is 10.6 Å². The lowest BCUT2D eigenvalue weighted by Crippen LogP contribution is -2.45. The molecule has 1 amide bonds. The number of ketones is 1. The molecular formula is C18H26N2O2. The molecule has 1 aromatic rings. The number of carbonyl (C=O) groups excluding carboxylic acids is 2. The van der Waals surface area contributed by atoms with Gasteiger partial charge in [0.2, 0.25) is 5.91 Å². The maximum absolute atomic E-state index is 12.1. The zero-order chi connectivity index (χ0) is 15.8. The molecule has 0 unspecified atom stereocenters. The van der Waals surface area contributed by atoms with E-state index >= 15 is 0 Å². The minimum absolute atomic E-state index is 0.0235. The lowest BCUT2D eigenvalue weighted by molar-refractivity contribution is -0.121. The Morgan fingerprint density at radius 1 is 1.23 bits per heavy atom. The topological polar surface area (TPSA) is 58.2 Å². The van der Waals surface area contributed by atoms with Crippen LogP contribution in [0, 0.1) is 0 Å². The second-order valence-corrected chi connectivity index (χ2v) is 5.98. The Balaban J connectivity index is 1.75. The fourth-order valence-corrected chi connectivity index (χ4v) is 2.79. The van der Waals surface area contributed by atoms with E-state index in [2.05, 4.69) is 17.6 Å². The molecule has 2 N–H and O–H groups in total. The van der Waals surface area contributed by atoms with Gasteiger partial charge in [0, 0.05) is 31.0 Å². The normalized spacial score (nSPS) is 18.0. The van der Waals surface area contributed by atoms with E-state index in [-0.39, 0.29) is 30.6 Å². The van der Waals surface area contributed by atoms with Crippen molar-refractivity contribution in [3.05, 3.63) is 35.4 Å². The highest BCUT2D eigenvalue weighted by Crippen LogP contribution is 2.10. The second kappa shape index (κ2) is 8.69. The number of piperidine rings is 1. The Kier molecular flexibility index (Phi) is 6.59. The smallest absolute Gasteiger partial charge is 0.220 e. The van der Waals surface area contributed by atoms with E-state index in [9.17, 15) is 9.59 Å². The van der Waals surface area contributed by atoms with Crippen LogP contribution in [0.15, 0.2) is 24.3 Å². The molecule has 0 aliphatic carbocycles. The monoisotopic (exact) mass is 302 g/mol. The predicted octanol–water partition coefficient (Wildman–Crippen LogP) is 2.47. The summed E-state index contributed by atoms with van der Waals surface area (Å²) in [7, 11) is 0. The van der Waals surface area contributed by atoms with Crippen molar-refractivity contribution in [1.82, 2.24) is 10.6 Å². The van der Waals surface area contributed by atoms with E-state index in [1.165, 1.54) is 5.56 Å². The fraction of sp³-hybridized carbons (Fsp3) is 0.556. The molecule has 1 heterocycles. The van der Waals surface area contributed by atoms with Crippen LogP contribution in [0.4, 0.5) is 0 Å². The van der Waals surface area contributed by atoms with Crippen LogP contribution in [0.1, 0.15) is 54.9 Å². The van der Waals surface area contributed by atoms with E-state index in [0.717, 1.165) is 38.8 Å². The van der Waals surface area contributed by atoms with E-state index in [1.54, 1.807) is 0 Å². The molecule has 0 bridgehead atoms. The number of aryl methyl sites for hydroxylation is 1. The van der Waals surface area contributed by atoms with Crippen LogP contribution in [-0.2, 0) is 11.2 Å². The zero-order valence-corrected chi connectivity index (χ0v) is 13.4. The summed E-state index contributed by atoms with van der Waals surface area (Å²) < 4.78 is 0. The van der Waals surface area contributed by atoms with Gasteiger partial charge in [0.25, 0.3) is 0 Å². The van der Waals surface area contributed by atoms with Crippen LogP contribution in [0.2, 0.25) is 0 Å². The first-order valence-electron chi connectivity index (χ1n) is 8.31. The molecule has 0 saturated carbocycles. The summed E-state index contributed by atoms with van der Waals surface area (Å²) in [5, 5.41) is 6.26. The first-order chi connectivity index (χ1) is 10.7. The van der Waals surface area contributed by atoms with E-state index in [0.29, 0.717) is 5.56 Å². The highest BCUT2D eigenvalue weighted by molar-refractivity contribution is 5.98. The van der Waals surface area contributed by atoms with Gasteiger partial charge in [0.15, 0.2) is 5.78 Å². The third-order valence-electron chi connectivity index (χ3n) is 4.06. The Morgan fingerprint density at radius 2 is 2.00 bits per heavy atom. The Morgan fingerprint density at radius 3 is 2.64 bits per heavy atom. The molecule has 2 rings (SSSR count). The van der Waals surface area contributed by atoms with Crippen LogP contribution >= 0.6 is 0 Å². The predicted molar refractivity (Wildman–Crippen MR) is 88.0 cm³/mol. The summed E-state index contributed by atoms with van der Waals surface area (Å²) >= 11 is 0. The summed E-state index contributed by atoms with van der Waals surface area (Å²) in [5.74, 6) is 0.0182. The minimum atomic E-state index is -0.0235. The van der Waals surface area contributed by atoms with Crippen molar-refractivity contribution in [2.75, 3.05) is 13.1 Å². The number of carbonyl (C=O) groups is 2. The fourth-order valence-electron chi connectivity index (χ4n) is 2.79. The number of hydrogen-bond donors (Lipinski definition) is 2. The summed E-state index contributed by atoms with van der Waals surface area (Å²) in [5.41, 5.74) is 1.95. The van der Waals surface area contributed by atoms with Crippen LogP contribution in [-0.4, -0.2) is 30.8 Å². The number of nitrogens with one attached hydrogen (secondary N) is 2. The maximum atomic E-state index is 12.1. The van der Waals surface area contributed by atoms with Crippen LogP contribution in [0.3, 0.4) is 0 Å². The van der Waals surface area contributed by atoms with Gasteiger partial charge in [-0.05, 0) is 31.4 Å². The SMILES string of the molecule is CCCc1ccc(C(=O)CCC(=O)N[C@H]2CCCNC2)cc1. The lowest BCUT2D eigenvalue weighted by atomic mass is 10.0. The first kappa shape index (κ1) is 16.7. The zero-order valence-electron chi connectivity index (χ0n) is 13.4. The van der Waals surface area contributed by atoms with Gasteiger partial charge in [0.05, 0.1) is 0 Å². The molecule has 0 aromatic heterocycles. The largest absolute Gasteiger partial charge is 0.352 e. The van der Waals surface area contributed by atoms with Crippen molar-refractivity contribution >= 4 is 11.7 Å². The van der Waals surface area contributed by atoms with Gasteiger partial charge in [-0.2, -0.15) is 0 Å². The van der Waals surface area contributed by atoms with Crippen molar-refractivity contribution in [2.24, 2.45) is 0 Å². The van der Waals surface area contributed by atoms with Crippen molar-refractivity contribution in [1.29, 1.82) is 0 Å². The highest BCUT2D eigenvalue weighted by atomic mass is 16.2. The van der Waals surface area contributed by atoms with Gasteiger partial charge in [-0.3, -0.25) is 9.59 Å². The molecule has 1 atom stereocenters. The average molecular weight is 302 g/mol. The summed E-state index contributed by atoms with van der Waals surface area (Å²) in [4.78, 5) is 24.0. The molecule has 1 aliphatic heterocycles. The van der Waals surface area contributed by atoms with Gasteiger partial charge in [-0.25, -0.2) is 0 Å². The van der Waals surface area contributed by atoms with E-state index < -0.39 is 0 Å². The quantitative estimate of drug-likeness (QED) is 0.761. The van der Waals surface area contributed by atoms with Crippen LogP contribution < -0.4 is 10.6 Å². The molecule has 1 saturated heterocycles. The standard InChI is InChI=1S/C18H26N2O2/c1-2-4-14-6-8-15(9-7-14)17(21)10-11-18(22)20-16-5-3-12-19-13-16/h6-9,16,19H,2-5,10-13H2,1H3,(H,20,22)/t16-/m0/s1. The number of rotatable bonds is 7. The Labute approximate surface area is 132 Å². The number of benzene rings is 1. The average Bonchev–Trinajstić information content (AvgIpc) is 2.54. The molecule has 4 nitrogen and oxygen atoms in total. The van der Waals surface area contributed by atoms with E-state index in [4.69, 9.17) is 0 Å². The van der Waals surface area contributed by atoms with Crippen molar-refractivity contribution < 1.29 is 9.59 Å². The van der Waals surface area contributed by atoms with Gasteiger partial charge in [-0.15, -0.1) is 0 Å². The minimum Gasteiger partial charge on any atom is -0.352 e.